The van der Waals surface area contributed by atoms with Crippen molar-refractivity contribution < 1.29 is 14.4 Å². The fourth-order valence-electron chi connectivity index (χ4n) is 3.21. The highest BCUT2D eigenvalue weighted by molar-refractivity contribution is 8.03. The monoisotopic (exact) mass is 405 g/mol. The van der Waals surface area contributed by atoms with Gasteiger partial charge in [-0.25, -0.2) is 0 Å². The highest BCUT2D eigenvalue weighted by Crippen LogP contribution is 2.39. The number of amides is 2. The van der Waals surface area contributed by atoms with Crippen molar-refractivity contribution in [2.75, 3.05) is 5.75 Å². The second kappa shape index (κ2) is 8.76. The van der Waals surface area contributed by atoms with Crippen LogP contribution in [-0.2, 0) is 9.59 Å². The molecule has 2 amide bonds. The van der Waals surface area contributed by atoms with Crippen molar-refractivity contribution in [1.29, 1.82) is 5.26 Å². The second-order valence-corrected chi connectivity index (χ2v) is 7.65. The summed E-state index contributed by atoms with van der Waals surface area (Å²) in [5, 5.41) is 12.3. The molecule has 2 aromatic carbocycles. The van der Waals surface area contributed by atoms with Crippen LogP contribution >= 0.6 is 11.8 Å². The molecule has 0 aromatic heterocycles. The molecule has 0 unspecified atom stereocenters. The lowest BCUT2D eigenvalue weighted by Crippen LogP contribution is -2.42. The molecule has 3 rings (SSSR count). The van der Waals surface area contributed by atoms with Crippen LogP contribution in [0.2, 0.25) is 0 Å². The summed E-state index contributed by atoms with van der Waals surface area (Å²) in [5.74, 6) is -3.24. The van der Waals surface area contributed by atoms with Crippen LogP contribution in [0, 0.1) is 24.2 Å². The SMILES string of the molecule is Cc1ccc(C(=O)CSC2=C(C(N)=O)[C@@H](c3ccccc3)[C@@H](C#N)C(=O)N2)cc1. The fourth-order valence-corrected chi connectivity index (χ4v) is 4.21. The van der Waals surface area contributed by atoms with E-state index in [1.807, 2.05) is 25.1 Å². The molecule has 2 aromatic rings. The van der Waals surface area contributed by atoms with E-state index in [9.17, 15) is 19.6 Å². The van der Waals surface area contributed by atoms with Gasteiger partial charge in [-0.3, -0.25) is 14.4 Å². The summed E-state index contributed by atoms with van der Waals surface area (Å²) in [4.78, 5) is 37.3. The average molecular weight is 405 g/mol. The summed E-state index contributed by atoms with van der Waals surface area (Å²) >= 11 is 1.04. The van der Waals surface area contributed by atoms with Crippen molar-refractivity contribution >= 4 is 29.4 Å². The van der Waals surface area contributed by atoms with E-state index in [0.29, 0.717) is 11.1 Å². The Morgan fingerprint density at radius 3 is 2.38 bits per heavy atom. The Bertz CT molecular complexity index is 1020. The molecule has 0 fully saturated rings. The summed E-state index contributed by atoms with van der Waals surface area (Å²) in [7, 11) is 0. The van der Waals surface area contributed by atoms with Gasteiger partial charge in [0.1, 0.15) is 5.92 Å². The molecule has 2 atom stereocenters. The van der Waals surface area contributed by atoms with Crippen molar-refractivity contribution in [2.45, 2.75) is 12.8 Å². The molecule has 6 nitrogen and oxygen atoms in total. The van der Waals surface area contributed by atoms with Crippen LogP contribution in [-0.4, -0.2) is 23.4 Å². The second-order valence-electron chi connectivity index (χ2n) is 6.67. The maximum atomic E-state index is 12.5. The van der Waals surface area contributed by atoms with Gasteiger partial charge in [-0.2, -0.15) is 5.26 Å². The number of nitriles is 1. The van der Waals surface area contributed by atoms with Crippen LogP contribution in [0.3, 0.4) is 0 Å². The Labute approximate surface area is 172 Å². The van der Waals surface area contributed by atoms with Gasteiger partial charge < -0.3 is 11.1 Å². The number of aryl methyl sites for hydroxylation is 1. The number of hydrogen-bond acceptors (Lipinski definition) is 5. The Morgan fingerprint density at radius 1 is 1.14 bits per heavy atom. The Kier molecular flexibility index (Phi) is 6.15. The van der Waals surface area contributed by atoms with Gasteiger partial charge in [-0.1, -0.05) is 71.9 Å². The largest absolute Gasteiger partial charge is 0.366 e. The van der Waals surface area contributed by atoms with E-state index in [2.05, 4.69) is 5.32 Å². The van der Waals surface area contributed by atoms with Gasteiger partial charge in [0, 0.05) is 11.5 Å². The zero-order chi connectivity index (χ0) is 21.0. The Balaban J connectivity index is 1.94. The number of hydrogen-bond donors (Lipinski definition) is 2. The molecule has 0 radical (unpaired) electrons. The Morgan fingerprint density at radius 2 is 1.79 bits per heavy atom. The molecule has 3 N–H and O–H groups in total. The molecule has 0 aliphatic carbocycles. The minimum Gasteiger partial charge on any atom is -0.366 e. The third kappa shape index (κ3) is 4.39. The van der Waals surface area contributed by atoms with Crippen molar-refractivity contribution in [3.63, 3.8) is 0 Å². The summed E-state index contributed by atoms with van der Waals surface area (Å²) in [6.07, 6.45) is 0. The lowest BCUT2D eigenvalue weighted by Gasteiger charge is -2.30. The predicted molar refractivity (Wildman–Crippen MR) is 111 cm³/mol. The fraction of sp³-hybridized carbons (Fsp3) is 0.182. The van der Waals surface area contributed by atoms with Gasteiger partial charge in [0.15, 0.2) is 5.78 Å². The molecule has 146 valence electrons. The van der Waals surface area contributed by atoms with Crippen LogP contribution in [0.1, 0.15) is 27.4 Å². The number of ketones is 1. The normalized spacial score (nSPS) is 18.7. The van der Waals surface area contributed by atoms with Crippen LogP contribution in [0.5, 0.6) is 0 Å². The summed E-state index contributed by atoms with van der Waals surface area (Å²) in [6.45, 7) is 1.93. The molecule has 0 saturated heterocycles. The smallest absolute Gasteiger partial charge is 0.247 e. The van der Waals surface area contributed by atoms with Gasteiger partial charge in [0.25, 0.3) is 0 Å². The van der Waals surface area contributed by atoms with Crippen LogP contribution in [0.25, 0.3) is 0 Å². The molecule has 29 heavy (non-hydrogen) atoms. The van der Waals surface area contributed by atoms with Gasteiger partial charge >= 0.3 is 0 Å². The number of primary amides is 1. The first kappa shape index (κ1) is 20.4. The molecular formula is C22H19N3O3S. The molecular weight excluding hydrogens is 386 g/mol. The van der Waals surface area contributed by atoms with Crippen LogP contribution in [0.4, 0.5) is 0 Å². The van der Waals surface area contributed by atoms with Crippen molar-refractivity contribution in [3.8, 4) is 6.07 Å². The van der Waals surface area contributed by atoms with Crippen LogP contribution in [0.15, 0.2) is 65.2 Å². The summed E-state index contributed by atoms with van der Waals surface area (Å²) < 4.78 is 0. The van der Waals surface area contributed by atoms with E-state index in [1.165, 1.54) is 0 Å². The number of thioether (sulfide) groups is 1. The zero-order valence-corrected chi connectivity index (χ0v) is 16.5. The number of nitrogens with zero attached hydrogens (tertiary/aromatic N) is 1. The summed E-state index contributed by atoms with van der Waals surface area (Å²) in [5.41, 5.74) is 8.00. The molecule has 0 spiro atoms. The molecule has 7 heteroatoms. The molecule has 0 saturated carbocycles. The average Bonchev–Trinajstić information content (AvgIpc) is 2.72. The van der Waals surface area contributed by atoms with E-state index >= 15 is 0 Å². The maximum Gasteiger partial charge on any atom is 0.247 e. The van der Waals surface area contributed by atoms with E-state index in [0.717, 1.165) is 17.3 Å². The van der Waals surface area contributed by atoms with Crippen molar-refractivity contribution in [3.05, 3.63) is 81.9 Å². The maximum absolute atomic E-state index is 12.5. The minimum absolute atomic E-state index is 0.0220. The van der Waals surface area contributed by atoms with Gasteiger partial charge in [0.2, 0.25) is 11.8 Å². The first-order valence-corrected chi connectivity index (χ1v) is 9.93. The van der Waals surface area contributed by atoms with Crippen molar-refractivity contribution in [2.24, 2.45) is 11.7 Å². The first-order chi connectivity index (χ1) is 13.9. The molecule has 1 heterocycles. The van der Waals surface area contributed by atoms with Gasteiger partial charge in [-0.05, 0) is 12.5 Å². The minimum atomic E-state index is -1.09. The number of Topliss-reactive ketones (excluding diaryl/α,β-unsaturated/α-hetero) is 1. The van der Waals surface area contributed by atoms with Crippen molar-refractivity contribution in [1.82, 2.24) is 5.32 Å². The summed E-state index contributed by atoms with van der Waals surface area (Å²) in [6, 6.07) is 18.0. The highest BCUT2D eigenvalue weighted by atomic mass is 32.2. The number of carbonyl (C=O) groups is 3. The lowest BCUT2D eigenvalue weighted by molar-refractivity contribution is -0.123. The molecule has 0 bridgehead atoms. The standard InChI is InChI=1S/C22H19N3O3S/c1-13-7-9-14(10-8-13)17(26)12-29-22-19(20(24)27)18(15-5-3-2-4-6-15)16(11-23)21(28)25-22/h2-10,16,18H,12H2,1H3,(H2,24,27)(H,25,28)/t16-,18+/m1/s1. The topological polar surface area (TPSA) is 113 Å². The van der Waals surface area contributed by atoms with E-state index in [4.69, 9.17) is 5.73 Å². The third-order valence-electron chi connectivity index (χ3n) is 4.69. The van der Waals surface area contributed by atoms with E-state index in [-0.39, 0.29) is 22.1 Å². The number of benzene rings is 2. The number of rotatable bonds is 6. The quantitative estimate of drug-likeness (QED) is 0.718. The third-order valence-corrected chi connectivity index (χ3v) is 5.71. The molecule has 1 aliphatic heterocycles. The molecule has 1 aliphatic rings. The van der Waals surface area contributed by atoms with Gasteiger partial charge in [-0.15, -0.1) is 0 Å². The van der Waals surface area contributed by atoms with Gasteiger partial charge in [0.05, 0.1) is 22.4 Å². The van der Waals surface area contributed by atoms with Crippen LogP contribution < -0.4 is 11.1 Å². The van der Waals surface area contributed by atoms with E-state index in [1.54, 1.807) is 42.5 Å². The number of nitrogens with one attached hydrogen (secondary N) is 1. The highest BCUT2D eigenvalue weighted by Gasteiger charge is 2.41. The van der Waals surface area contributed by atoms with E-state index < -0.39 is 23.7 Å². The number of carbonyl (C=O) groups excluding carboxylic acids is 3. The predicted octanol–water partition coefficient (Wildman–Crippen LogP) is 2.66. The number of nitrogens with two attached hydrogens (primary N) is 1. The lowest BCUT2D eigenvalue weighted by atomic mass is 9.78. The Hall–Kier alpha value is -3.37. The zero-order valence-electron chi connectivity index (χ0n) is 15.7. The first-order valence-electron chi connectivity index (χ1n) is 8.94.